The zero-order chi connectivity index (χ0) is 17.6. The van der Waals surface area contributed by atoms with Crippen LogP contribution in [0, 0.1) is 0 Å². The van der Waals surface area contributed by atoms with Crippen molar-refractivity contribution in [3.05, 3.63) is 30.6 Å². The second-order valence-electron chi connectivity index (χ2n) is 6.62. The number of para-hydroxylation sites is 2. The molecule has 8 nitrogen and oxygen atoms in total. The van der Waals surface area contributed by atoms with Gasteiger partial charge in [0.25, 0.3) is 0 Å². The molecule has 1 N–H and O–H groups in total. The highest BCUT2D eigenvalue weighted by Crippen LogP contribution is 2.23. The Kier molecular flexibility index (Phi) is 3.67. The van der Waals surface area contributed by atoms with Crippen molar-refractivity contribution in [1.29, 1.82) is 0 Å². The quantitative estimate of drug-likeness (QED) is 0.822. The maximum absolute atomic E-state index is 12.4. The standard InChI is InChI=1S/C17H19N5O3/c1-20-9-16(24)22-7-11(6-14(22)17(20)25)19-15(23)8-21-10-18-12-4-2-3-5-13(12)21/h2-5,10-11,14H,6-9H2,1H3,(H,19,23)/t11-,14+/m1/s1. The summed E-state index contributed by atoms with van der Waals surface area (Å²) < 4.78 is 1.79. The van der Waals surface area contributed by atoms with Crippen LogP contribution >= 0.6 is 0 Å². The van der Waals surface area contributed by atoms with Gasteiger partial charge >= 0.3 is 0 Å². The Morgan fingerprint density at radius 3 is 2.96 bits per heavy atom. The molecule has 2 aromatic rings. The molecule has 0 saturated carbocycles. The van der Waals surface area contributed by atoms with Gasteiger partial charge in [-0.15, -0.1) is 0 Å². The smallest absolute Gasteiger partial charge is 0.245 e. The number of fused-ring (bicyclic) bond motifs is 2. The summed E-state index contributed by atoms with van der Waals surface area (Å²) in [4.78, 5) is 44.0. The number of imidazole rings is 1. The first-order valence-electron chi connectivity index (χ1n) is 8.26. The lowest BCUT2D eigenvalue weighted by Crippen LogP contribution is -2.55. The van der Waals surface area contributed by atoms with Crippen LogP contribution in [0.4, 0.5) is 0 Å². The second kappa shape index (κ2) is 5.87. The third-order valence-corrected chi connectivity index (χ3v) is 4.86. The van der Waals surface area contributed by atoms with Gasteiger partial charge in [0.15, 0.2) is 0 Å². The molecule has 0 radical (unpaired) electrons. The number of hydrogen-bond acceptors (Lipinski definition) is 4. The second-order valence-corrected chi connectivity index (χ2v) is 6.62. The molecule has 25 heavy (non-hydrogen) atoms. The summed E-state index contributed by atoms with van der Waals surface area (Å²) in [5, 5.41) is 2.94. The molecule has 0 unspecified atom stereocenters. The number of rotatable bonds is 3. The third-order valence-electron chi connectivity index (χ3n) is 4.86. The molecule has 4 rings (SSSR count). The Labute approximate surface area is 144 Å². The fraction of sp³-hybridized carbons (Fsp3) is 0.412. The topological polar surface area (TPSA) is 87.5 Å². The van der Waals surface area contributed by atoms with Crippen LogP contribution in [0.25, 0.3) is 11.0 Å². The van der Waals surface area contributed by atoms with E-state index in [1.165, 1.54) is 4.90 Å². The van der Waals surface area contributed by atoms with E-state index in [0.717, 1.165) is 11.0 Å². The molecule has 3 heterocycles. The predicted molar refractivity (Wildman–Crippen MR) is 89.4 cm³/mol. The van der Waals surface area contributed by atoms with Gasteiger partial charge in [-0.25, -0.2) is 4.98 Å². The van der Waals surface area contributed by atoms with E-state index in [0.29, 0.717) is 13.0 Å². The first kappa shape index (κ1) is 15.6. The fourth-order valence-electron chi connectivity index (χ4n) is 3.64. The lowest BCUT2D eigenvalue weighted by Gasteiger charge is -2.33. The van der Waals surface area contributed by atoms with Gasteiger partial charge in [0.1, 0.15) is 12.6 Å². The van der Waals surface area contributed by atoms with E-state index in [9.17, 15) is 14.4 Å². The third kappa shape index (κ3) is 2.73. The van der Waals surface area contributed by atoms with Crippen molar-refractivity contribution in [3.63, 3.8) is 0 Å². The Hall–Kier alpha value is -2.90. The molecule has 0 spiro atoms. The Balaban J connectivity index is 1.42. The zero-order valence-electron chi connectivity index (χ0n) is 13.9. The van der Waals surface area contributed by atoms with E-state index < -0.39 is 6.04 Å². The molecule has 2 fully saturated rings. The minimum Gasteiger partial charge on any atom is -0.350 e. The highest BCUT2D eigenvalue weighted by Gasteiger charge is 2.44. The van der Waals surface area contributed by atoms with Crippen LogP contribution < -0.4 is 5.32 Å². The molecule has 2 aliphatic heterocycles. The molecular weight excluding hydrogens is 322 g/mol. The first-order chi connectivity index (χ1) is 12.0. The average molecular weight is 341 g/mol. The Bertz CT molecular complexity index is 861. The minimum atomic E-state index is -0.453. The van der Waals surface area contributed by atoms with E-state index in [-0.39, 0.29) is 36.9 Å². The molecule has 1 aromatic carbocycles. The van der Waals surface area contributed by atoms with Gasteiger partial charge in [-0.3, -0.25) is 14.4 Å². The lowest BCUT2D eigenvalue weighted by atomic mass is 10.1. The summed E-state index contributed by atoms with van der Waals surface area (Å²) in [7, 11) is 1.63. The van der Waals surface area contributed by atoms with Crippen LogP contribution in [-0.2, 0) is 20.9 Å². The molecule has 130 valence electrons. The summed E-state index contributed by atoms with van der Waals surface area (Å²) >= 11 is 0. The lowest BCUT2D eigenvalue weighted by molar-refractivity contribution is -0.152. The van der Waals surface area contributed by atoms with Crippen LogP contribution in [0.2, 0.25) is 0 Å². The van der Waals surface area contributed by atoms with Crippen molar-refractivity contribution < 1.29 is 14.4 Å². The molecule has 2 atom stereocenters. The number of carbonyl (C=O) groups excluding carboxylic acids is 3. The van der Waals surface area contributed by atoms with Crippen molar-refractivity contribution in [1.82, 2.24) is 24.7 Å². The normalized spacial score (nSPS) is 23.2. The maximum atomic E-state index is 12.4. The van der Waals surface area contributed by atoms with Crippen LogP contribution in [-0.4, -0.2) is 69.3 Å². The molecular formula is C17H19N5O3. The van der Waals surface area contributed by atoms with Gasteiger partial charge in [-0.05, 0) is 18.6 Å². The van der Waals surface area contributed by atoms with Gasteiger partial charge in [0, 0.05) is 19.6 Å². The Morgan fingerprint density at radius 1 is 1.32 bits per heavy atom. The highest BCUT2D eigenvalue weighted by atomic mass is 16.2. The van der Waals surface area contributed by atoms with Crippen LogP contribution in [0.15, 0.2) is 30.6 Å². The number of nitrogens with one attached hydrogen (secondary N) is 1. The number of benzene rings is 1. The number of likely N-dealkylation sites (N-methyl/N-ethyl adjacent to an activating group) is 1. The average Bonchev–Trinajstić information content (AvgIpc) is 3.18. The highest BCUT2D eigenvalue weighted by molar-refractivity contribution is 5.95. The predicted octanol–water partition coefficient (Wildman–Crippen LogP) is -0.406. The maximum Gasteiger partial charge on any atom is 0.245 e. The Morgan fingerprint density at radius 2 is 2.12 bits per heavy atom. The molecule has 0 aliphatic carbocycles. The van der Waals surface area contributed by atoms with Crippen LogP contribution in [0.1, 0.15) is 6.42 Å². The van der Waals surface area contributed by atoms with E-state index in [1.807, 2.05) is 24.3 Å². The monoisotopic (exact) mass is 341 g/mol. The first-order valence-corrected chi connectivity index (χ1v) is 8.26. The molecule has 0 bridgehead atoms. The van der Waals surface area contributed by atoms with Gasteiger partial charge < -0.3 is 19.7 Å². The number of carbonyl (C=O) groups is 3. The SMILES string of the molecule is CN1CC(=O)N2C[C@H](NC(=O)Cn3cnc4ccccc43)C[C@H]2C1=O. The van der Waals surface area contributed by atoms with Gasteiger partial charge in [0.2, 0.25) is 17.7 Å². The number of piperazine rings is 1. The largest absolute Gasteiger partial charge is 0.350 e. The summed E-state index contributed by atoms with van der Waals surface area (Å²) in [6.45, 7) is 0.653. The molecule has 3 amide bonds. The summed E-state index contributed by atoms with van der Waals surface area (Å²) in [6.07, 6.45) is 2.11. The number of hydrogen-bond donors (Lipinski definition) is 1. The van der Waals surface area contributed by atoms with Gasteiger partial charge in [-0.1, -0.05) is 12.1 Å². The zero-order valence-corrected chi connectivity index (χ0v) is 13.9. The van der Waals surface area contributed by atoms with E-state index >= 15 is 0 Å². The van der Waals surface area contributed by atoms with Gasteiger partial charge in [0.05, 0.1) is 23.9 Å². The van der Waals surface area contributed by atoms with Crippen molar-refractivity contribution in [3.8, 4) is 0 Å². The fourth-order valence-corrected chi connectivity index (χ4v) is 3.64. The molecule has 1 aromatic heterocycles. The van der Waals surface area contributed by atoms with Gasteiger partial charge in [-0.2, -0.15) is 0 Å². The number of nitrogens with zero attached hydrogens (tertiary/aromatic N) is 4. The van der Waals surface area contributed by atoms with Crippen molar-refractivity contribution in [2.24, 2.45) is 0 Å². The van der Waals surface area contributed by atoms with E-state index in [4.69, 9.17) is 0 Å². The molecule has 8 heteroatoms. The molecule has 2 aliphatic rings. The number of amides is 3. The summed E-state index contributed by atoms with van der Waals surface area (Å²) in [6, 6.07) is 6.96. The summed E-state index contributed by atoms with van der Waals surface area (Å²) in [5.74, 6) is -0.275. The van der Waals surface area contributed by atoms with Crippen molar-refractivity contribution >= 4 is 28.8 Å². The number of aromatic nitrogens is 2. The van der Waals surface area contributed by atoms with Crippen LogP contribution in [0.5, 0.6) is 0 Å². The molecule has 2 saturated heterocycles. The summed E-state index contributed by atoms with van der Waals surface area (Å²) in [5.41, 5.74) is 1.74. The van der Waals surface area contributed by atoms with E-state index in [1.54, 1.807) is 22.8 Å². The van der Waals surface area contributed by atoms with Crippen molar-refractivity contribution in [2.75, 3.05) is 20.1 Å². The van der Waals surface area contributed by atoms with E-state index in [2.05, 4.69) is 10.3 Å². The van der Waals surface area contributed by atoms with Crippen molar-refractivity contribution in [2.45, 2.75) is 25.0 Å². The minimum absolute atomic E-state index is 0.0584. The van der Waals surface area contributed by atoms with Crippen LogP contribution in [0.3, 0.4) is 0 Å².